The van der Waals surface area contributed by atoms with E-state index in [9.17, 15) is 9.18 Å². The lowest BCUT2D eigenvalue weighted by molar-refractivity contribution is 0.111. The molecule has 0 saturated carbocycles. The van der Waals surface area contributed by atoms with Crippen molar-refractivity contribution in [1.29, 1.82) is 0 Å². The monoisotopic (exact) mass is 515 g/mol. The molecule has 0 bridgehead atoms. The fourth-order valence-corrected chi connectivity index (χ4v) is 4.49. The SMILES string of the molecule is C[Si](C)(C)CCOCNc1c(Br)c(C=O)nc2c(-c3cnc4ccc(F)cc4c3)cnn12. The van der Waals surface area contributed by atoms with Crippen LogP contribution >= 0.6 is 15.9 Å². The molecule has 0 aliphatic rings. The summed E-state index contributed by atoms with van der Waals surface area (Å²) in [6.07, 6.45) is 4.03. The molecule has 0 radical (unpaired) electrons. The molecule has 0 atom stereocenters. The number of rotatable bonds is 8. The lowest BCUT2D eigenvalue weighted by Crippen LogP contribution is -2.22. The molecule has 4 aromatic rings. The van der Waals surface area contributed by atoms with Crippen LogP contribution in [0.1, 0.15) is 10.5 Å². The Balaban J connectivity index is 1.69. The maximum absolute atomic E-state index is 13.7. The summed E-state index contributed by atoms with van der Waals surface area (Å²) in [5.74, 6) is 0.235. The van der Waals surface area contributed by atoms with Gasteiger partial charge in [-0.3, -0.25) is 9.78 Å². The van der Waals surface area contributed by atoms with Crippen molar-refractivity contribution in [2.75, 3.05) is 18.7 Å². The summed E-state index contributed by atoms with van der Waals surface area (Å²) in [6, 6.07) is 7.34. The molecule has 0 amide bonds. The van der Waals surface area contributed by atoms with Crippen LogP contribution in [0.5, 0.6) is 0 Å². The number of halogens is 2. The summed E-state index contributed by atoms with van der Waals surface area (Å²) in [7, 11) is -1.18. The highest BCUT2D eigenvalue weighted by Gasteiger charge is 2.18. The van der Waals surface area contributed by atoms with E-state index in [1.807, 2.05) is 6.07 Å². The highest BCUT2D eigenvalue weighted by atomic mass is 79.9. The molecule has 1 N–H and O–H groups in total. The van der Waals surface area contributed by atoms with E-state index in [0.29, 0.717) is 45.3 Å². The lowest BCUT2D eigenvalue weighted by atomic mass is 10.1. The van der Waals surface area contributed by atoms with Crippen molar-refractivity contribution in [2.24, 2.45) is 0 Å². The van der Waals surface area contributed by atoms with Gasteiger partial charge >= 0.3 is 0 Å². The number of hydrogen-bond acceptors (Lipinski definition) is 6. The zero-order valence-corrected chi connectivity index (χ0v) is 20.6. The van der Waals surface area contributed by atoms with Crippen LogP contribution in [0.25, 0.3) is 27.7 Å². The van der Waals surface area contributed by atoms with Gasteiger partial charge in [-0.1, -0.05) is 19.6 Å². The molecule has 0 unspecified atom stereocenters. The number of benzene rings is 1. The molecule has 0 aliphatic carbocycles. The van der Waals surface area contributed by atoms with E-state index in [-0.39, 0.29) is 18.2 Å². The van der Waals surface area contributed by atoms with Crippen LogP contribution in [0.2, 0.25) is 25.7 Å². The molecule has 0 fully saturated rings. The van der Waals surface area contributed by atoms with Gasteiger partial charge in [-0.05, 0) is 46.2 Å². The number of hydrogen-bond donors (Lipinski definition) is 1. The lowest BCUT2D eigenvalue weighted by Gasteiger charge is -2.16. The normalized spacial score (nSPS) is 11.9. The molecule has 0 saturated heterocycles. The Hall–Kier alpha value is -2.69. The predicted molar refractivity (Wildman–Crippen MR) is 129 cm³/mol. The number of ether oxygens (including phenoxy) is 1. The van der Waals surface area contributed by atoms with Gasteiger partial charge in [0.1, 0.15) is 24.1 Å². The molecule has 0 spiro atoms. The molecule has 1 aromatic carbocycles. The number of fused-ring (bicyclic) bond motifs is 2. The standard InChI is InChI=1S/C22H23BrFN5O2Si/c1-32(2,3)7-6-31-13-26-22-20(23)19(12-30)28-21-17(11-27-29(21)22)15-8-14-9-16(24)4-5-18(14)25-10-15/h4-5,8-12,26H,6-7,13H2,1-3H3. The summed E-state index contributed by atoms with van der Waals surface area (Å²) in [5.41, 5.74) is 2.82. The van der Waals surface area contributed by atoms with Gasteiger partial charge in [-0.15, -0.1) is 0 Å². The molecule has 3 aromatic heterocycles. The van der Waals surface area contributed by atoms with Gasteiger partial charge in [-0.2, -0.15) is 9.61 Å². The third kappa shape index (κ3) is 4.72. The first-order valence-corrected chi connectivity index (χ1v) is 14.7. The van der Waals surface area contributed by atoms with Crippen molar-refractivity contribution in [3.8, 4) is 11.1 Å². The van der Waals surface area contributed by atoms with Crippen molar-refractivity contribution in [3.63, 3.8) is 0 Å². The first-order valence-electron chi connectivity index (χ1n) is 10.2. The Labute approximate surface area is 194 Å². The van der Waals surface area contributed by atoms with Crippen LogP contribution in [-0.4, -0.2) is 47.3 Å². The minimum Gasteiger partial charge on any atom is -0.362 e. The second-order valence-corrected chi connectivity index (χ2v) is 15.1. The number of carbonyl (C=O) groups is 1. The van der Waals surface area contributed by atoms with Gasteiger partial charge in [0.05, 0.1) is 16.2 Å². The molecule has 0 aliphatic heterocycles. The van der Waals surface area contributed by atoms with E-state index in [0.717, 1.165) is 11.6 Å². The van der Waals surface area contributed by atoms with E-state index in [4.69, 9.17) is 4.74 Å². The third-order valence-electron chi connectivity index (χ3n) is 5.02. The van der Waals surface area contributed by atoms with E-state index in [2.05, 4.69) is 56.0 Å². The molecule has 7 nitrogen and oxygen atoms in total. The molecule has 10 heteroatoms. The summed E-state index contributed by atoms with van der Waals surface area (Å²) >= 11 is 3.45. The van der Waals surface area contributed by atoms with Gasteiger partial charge in [0.2, 0.25) is 0 Å². The summed E-state index contributed by atoms with van der Waals surface area (Å²) < 4.78 is 21.5. The smallest absolute Gasteiger partial charge is 0.169 e. The Morgan fingerprint density at radius 1 is 1.25 bits per heavy atom. The summed E-state index contributed by atoms with van der Waals surface area (Å²) in [6.45, 7) is 7.82. The quantitative estimate of drug-likeness (QED) is 0.147. The summed E-state index contributed by atoms with van der Waals surface area (Å²) in [5, 5.41) is 8.33. The van der Waals surface area contributed by atoms with Crippen molar-refractivity contribution in [2.45, 2.75) is 25.7 Å². The Bertz CT molecular complexity index is 1310. The van der Waals surface area contributed by atoms with Crippen molar-refractivity contribution in [3.05, 3.63) is 52.6 Å². The molecular weight excluding hydrogens is 493 g/mol. The zero-order valence-electron chi connectivity index (χ0n) is 18.0. The second kappa shape index (κ2) is 9.05. The van der Waals surface area contributed by atoms with Crippen molar-refractivity contribution >= 4 is 52.7 Å². The first kappa shape index (κ1) is 22.5. The van der Waals surface area contributed by atoms with Gasteiger partial charge in [0, 0.05) is 37.4 Å². The maximum Gasteiger partial charge on any atom is 0.169 e. The minimum atomic E-state index is -1.18. The van der Waals surface area contributed by atoms with E-state index in [1.165, 1.54) is 12.1 Å². The first-order chi connectivity index (χ1) is 15.3. The summed E-state index contributed by atoms with van der Waals surface area (Å²) in [4.78, 5) is 20.5. The number of pyridine rings is 1. The fraction of sp³-hybridized carbons (Fsp3) is 0.273. The Kier molecular flexibility index (Phi) is 6.36. The fourth-order valence-electron chi connectivity index (χ4n) is 3.24. The van der Waals surface area contributed by atoms with E-state index < -0.39 is 8.07 Å². The molecular formula is C22H23BrFN5O2Si. The number of aromatic nitrogens is 4. The number of nitrogens with zero attached hydrogens (tertiary/aromatic N) is 4. The topological polar surface area (TPSA) is 81.4 Å². The Morgan fingerprint density at radius 3 is 2.81 bits per heavy atom. The van der Waals surface area contributed by atoms with Crippen molar-refractivity contribution in [1.82, 2.24) is 19.6 Å². The van der Waals surface area contributed by atoms with Gasteiger partial charge in [0.25, 0.3) is 0 Å². The Morgan fingerprint density at radius 2 is 2.06 bits per heavy atom. The molecule has 166 valence electrons. The maximum atomic E-state index is 13.7. The number of anilines is 1. The average Bonchev–Trinajstić information content (AvgIpc) is 3.16. The predicted octanol–water partition coefficient (Wildman–Crippen LogP) is 5.38. The molecule has 3 heterocycles. The number of carbonyl (C=O) groups excluding carboxylic acids is 1. The van der Waals surface area contributed by atoms with Gasteiger partial charge in [0.15, 0.2) is 11.9 Å². The van der Waals surface area contributed by atoms with E-state index >= 15 is 0 Å². The van der Waals surface area contributed by atoms with E-state index in [1.54, 1.807) is 23.0 Å². The highest BCUT2D eigenvalue weighted by molar-refractivity contribution is 9.10. The van der Waals surface area contributed by atoms with Crippen molar-refractivity contribution < 1.29 is 13.9 Å². The minimum absolute atomic E-state index is 0.239. The number of aldehydes is 1. The average molecular weight is 516 g/mol. The van der Waals surface area contributed by atoms with Crippen LogP contribution in [-0.2, 0) is 4.74 Å². The van der Waals surface area contributed by atoms with Crippen LogP contribution in [0.15, 0.2) is 41.1 Å². The molecule has 4 rings (SSSR count). The van der Waals surface area contributed by atoms with Crippen LogP contribution in [0.4, 0.5) is 10.2 Å². The van der Waals surface area contributed by atoms with Crippen LogP contribution in [0.3, 0.4) is 0 Å². The second-order valence-electron chi connectivity index (χ2n) is 8.67. The highest BCUT2D eigenvalue weighted by Crippen LogP contribution is 2.31. The number of nitrogens with one attached hydrogen (secondary N) is 1. The van der Waals surface area contributed by atoms with Gasteiger partial charge < -0.3 is 10.1 Å². The largest absolute Gasteiger partial charge is 0.362 e. The zero-order chi connectivity index (χ0) is 22.9. The molecule has 32 heavy (non-hydrogen) atoms. The van der Waals surface area contributed by atoms with Gasteiger partial charge in [-0.25, -0.2) is 9.37 Å². The third-order valence-corrected chi connectivity index (χ3v) is 7.50. The van der Waals surface area contributed by atoms with Crippen LogP contribution < -0.4 is 5.32 Å². The van der Waals surface area contributed by atoms with Crippen LogP contribution in [0, 0.1) is 5.82 Å².